The van der Waals surface area contributed by atoms with Crippen molar-refractivity contribution in [1.29, 1.82) is 0 Å². The second-order valence-electron chi connectivity index (χ2n) is 3.50. The summed E-state index contributed by atoms with van der Waals surface area (Å²) in [6.07, 6.45) is 0.0375. The van der Waals surface area contributed by atoms with Crippen molar-refractivity contribution in [2.45, 2.75) is 19.4 Å². The van der Waals surface area contributed by atoms with Crippen LogP contribution in [0, 0.1) is 5.82 Å². The third-order valence-electron chi connectivity index (χ3n) is 2.29. The summed E-state index contributed by atoms with van der Waals surface area (Å²) >= 11 is 0. The van der Waals surface area contributed by atoms with Gasteiger partial charge in [0.05, 0.1) is 20.1 Å². The highest BCUT2D eigenvalue weighted by molar-refractivity contribution is 5.85. The van der Waals surface area contributed by atoms with E-state index in [4.69, 9.17) is 15.2 Å². The van der Waals surface area contributed by atoms with Crippen LogP contribution in [0.5, 0.6) is 5.75 Å². The van der Waals surface area contributed by atoms with Crippen LogP contribution >= 0.6 is 12.4 Å². The summed E-state index contributed by atoms with van der Waals surface area (Å²) in [5.41, 5.74) is 6.43. The average Bonchev–Trinajstić information content (AvgIpc) is 2.28. The number of halogens is 2. The smallest absolute Gasteiger partial charge is 0.307 e. The molecular weight excluding hydrogens is 261 g/mol. The molecule has 0 fully saturated rings. The van der Waals surface area contributed by atoms with Gasteiger partial charge in [-0.25, -0.2) is 4.39 Å². The maximum Gasteiger partial charge on any atom is 0.307 e. The largest absolute Gasteiger partial charge is 0.496 e. The lowest BCUT2D eigenvalue weighted by atomic mass is 10.0. The van der Waals surface area contributed by atoms with Gasteiger partial charge in [-0.3, -0.25) is 4.79 Å². The molecule has 0 unspecified atom stereocenters. The predicted octanol–water partition coefficient (Wildman–Crippen LogP) is 2.21. The average molecular weight is 278 g/mol. The topological polar surface area (TPSA) is 61.5 Å². The summed E-state index contributed by atoms with van der Waals surface area (Å²) in [5, 5.41) is 0. The molecular formula is C12H17ClFNO3. The quantitative estimate of drug-likeness (QED) is 0.838. The Kier molecular flexibility index (Phi) is 7.31. The van der Waals surface area contributed by atoms with Crippen molar-refractivity contribution in [3.05, 3.63) is 29.6 Å². The van der Waals surface area contributed by atoms with E-state index >= 15 is 0 Å². The van der Waals surface area contributed by atoms with Crippen molar-refractivity contribution in [2.24, 2.45) is 5.73 Å². The molecule has 0 radical (unpaired) electrons. The Morgan fingerprint density at radius 2 is 2.17 bits per heavy atom. The van der Waals surface area contributed by atoms with Crippen molar-refractivity contribution < 1.29 is 18.7 Å². The van der Waals surface area contributed by atoms with Crippen LogP contribution < -0.4 is 10.5 Å². The monoisotopic (exact) mass is 277 g/mol. The molecule has 0 aromatic heterocycles. The van der Waals surface area contributed by atoms with Crippen LogP contribution in [0.25, 0.3) is 0 Å². The standard InChI is InChI=1S/C12H16FNO3.ClH/c1-3-17-12(15)7-10(14)9-5-4-8(13)6-11(9)16-2;/h4-6,10H,3,7,14H2,1-2H3;1H/t10-;/m1./s1. The number of methoxy groups -OCH3 is 1. The van der Waals surface area contributed by atoms with Crippen LogP contribution in [0.4, 0.5) is 4.39 Å². The van der Waals surface area contributed by atoms with Crippen LogP contribution in [0.2, 0.25) is 0 Å². The number of hydrogen-bond acceptors (Lipinski definition) is 4. The molecule has 102 valence electrons. The van der Waals surface area contributed by atoms with E-state index in [0.29, 0.717) is 17.9 Å². The Hall–Kier alpha value is -1.33. The van der Waals surface area contributed by atoms with Crippen molar-refractivity contribution in [1.82, 2.24) is 0 Å². The second-order valence-corrected chi connectivity index (χ2v) is 3.50. The lowest BCUT2D eigenvalue weighted by Crippen LogP contribution is -2.18. The highest BCUT2D eigenvalue weighted by atomic mass is 35.5. The Balaban J connectivity index is 0.00000289. The van der Waals surface area contributed by atoms with Crippen molar-refractivity contribution in [3.8, 4) is 5.75 Å². The van der Waals surface area contributed by atoms with Gasteiger partial charge in [-0.2, -0.15) is 0 Å². The first-order chi connectivity index (χ1) is 8.08. The van der Waals surface area contributed by atoms with E-state index in [1.165, 1.54) is 25.3 Å². The van der Waals surface area contributed by atoms with E-state index in [9.17, 15) is 9.18 Å². The fourth-order valence-corrected chi connectivity index (χ4v) is 1.50. The van der Waals surface area contributed by atoms with Crippen LogP contribution in [-0.4, -0.2) is 19.7 Å². The van der Waals surface area contributed by atoms with E-state index in [1.807, 2.05) is 0 Å². The van der Waals surface area contributed by atoms with E-state index < -0.39 is 11.9 Å². The molecule has 1 rings (SSSR count). The molecule has 0 aliphatic rings. The van der Waals surface area contributed by atoms with Gasteiger partial charge in [-0.05, 0) is 13.0 Å². The zero-order chi connectivity index (χ0) is 12.8. The third kappa shape index (κ3) is 4.50. The lowest BCUT2D eigenvalue weighted by Gasteiger charge is -2.14. The second kappa shape index (κ2) is 7.89. The maximum absolute atomic E-state index is 13.0. The molecule has 0 amide bonds. The summed E-state index contributed by atoms with van der Waals surface area (Å²) in [5.74, 6) is -0.456. The first-order valence-electron chi connectivity index (χ1n) is 5.33. The van der Waals surface area contributed by atoms with Gasteiger partial charge in [0.2, 0.25) is 0 Å². The number of ether oxygens (including phenoxy) is 2. The van der Waals surface area contributed by atoms with Gasteiger partial charge >= 0.3 is 5.97 Å². The van der Waals surface area contributed by atoms with Crippen molar-refractivity contribution in [2.75, 3.05) is 13.7 Å². The fraction of sp³-hybridized carbons (Fsp3) is 0.417. The summed E-state index contributed by atoms with van der Waals surface area (Å²) in [4.78, 5) is 11.3. The minimum Gasteiger partial charge on any atom is -0.496 e. The van der Waals surface area contributed by atoms with E-state index in [0.717, 1.165) is 0 Å². The minimum atomic E-state index is -0.565. The van der Waals surface area contributed by atoms with Gasteiger partial charge in [0.25, 0.3) is 0 Å². The van der Waals surface area contributed by atoms with Crippen molar-refractivity contribution >= 4 is 18.4 Å². The van der Waals surface area contributed by atoms with Gasteiger partial charge in [0.15, 0.2) is 0 Å². The van der Waals surface area contributed by atoms with Gasteiger partial charge < -0.3 is 15.2 Å². The predicted molar refractivity (Wildman–Crippen MR) is 68.4 cm³/mol. The van der Waals surface area contributed by atoms with Crippen LogP contribution in [0.1, 0.15) is 24.9 Å². The molecule has 0 saturated carbocycles. The molecule has 18 heavy (non-hydrogen) atoms. The molecule has 1 aromatic carbocycles. The fourth-order valence-electron chi connectivity index (χ4n) is 1.50. The third-order valence-corrected chi connectivity index (χ3v) is 2.29. The molecule has 1 aromatic rings. The van der Waals surface area contributed by atoms with Gasteiger partial charge in [0.1, 0.15) is 11.6 Å². The van der Waals surface area contributed by atoms with Gasteiger partial charge in [-0.15, -0.1) is 12.4 Å². The van der Waals surface area contributed by atoms with E-state index in [1.54, 1.807) is 6.92 Å². The Bertz CT molecular complexity index is 401. The molecule has 0 heterocycles. The van der Waals surface area contributed by atoms with E-state index in [-0.39, 0.29) is 24.8 Å². The van der Waals surface area contributed by atoms with E-state index in [2.05, 4.69) is 0 Å². The van der Waals surface area contributed by atoms with Crippen LogP contribution in [0.15, 0.2) is 18.2 Å². The first kappa shape index (κ1) is 16.7. The summed E-state index contributed by atoms with van der Waals surface area (Å²) in [6.45, 7) is 2.04. The number of esters is 1. The summed E-state index contributed by atoms with van der Waals surface area (Å²) in [6, 6.07) is 3.46. The normalized spacial score (nSPS) is 11.3. The minimum absolute atomic E-state index is 0. The molecule has 6 heteroatoms. The number of carbonyl (C=O) groups is 1. The maximum atomic E-state index is 13.0. The molecule has 1 atom stereocenters. The number of hydrogen-bond donors (Lipinski definition) is 1. The zero-order valence-corrected chi connectivity index (χ0v) is 11.1. The van der Waals surface area contributed by atoms with Crippen LogP contribution in [0.3, 0.4) is 0 Å². The number of benzene rings is 1. The lowest BCUT2D eigenvalue weighted by molar-refractivity contribution is -0.143. The summed E-state index contributed by atoms with van der Waals surface area (Å²) < 4.78 is 22.8. The zero-order valence-electron chi connectivity index (χ0n) is 10.3. The Morgan fingerprint density at radius 1 is 1.50 bits per heavy atom. The number of rotatable bonds is 5. The first-order valence-corrected chi connectivity index (χ1v) is 5.33. The highest BCUT2D eigenvalue weighted by Crippen LogP contribution is 2.26. The molecule has 4 nitrogen and oxygen atoms in total. The molecule has 0 saturated heterocycles. The molecule has 0 aliphatic heterocycles. The highest BCUT2D eigenvalue weighted by Gasteiger charge is 2.16. The molecule has 0 spiro atoms. The van der Waals surface area contributed by atoms with Crippen molar-refractivity contribution in [3.63, 3.8) is 0 Å². The Labute approximate surface area is 112 Å². The van der Waals surface area contributed by atoms with Gasteiger partial charge in [0, 0.05) is 17.7 Å². The van der Waals surface area contributed by atoms with Crippen LogP contribution in [-0.2, 0) is 9.53 Å². The Morgan fingerprint density at radius 3 is 2.72 bits per heavy atom. The SMILES string of the molecule is CCOC(=O)C[C@@H](N)c1ccc(F)cc1OC.Cl. The molecule has 2 N–H and O–H groups in total. The molecule has 0 aliphatic carbocycles. The van der Waals surface area contributed by atoms with Gasteiger partial charge in [-0.1, -0.05) is 6.07 Å². The summed E-state index contributed by atoms with van der Waals surface area (Å²) in [7, 11) is 1.43. The number of nitrogens with two attached hydrogens (primary N) is 1. The number of carbonyl (C=O) groups excluding carboxylic acids is 1. The molecule has 0 bridgehead atoms.